The van der Waals surface area contributed by atoms with Crippen LogP contribution in [0.15, 0.2) is 84.0 Å². The van der Waals surface area contributed by atoms with E-state index in [0.717, 1.165) is 36.8 Å². The second kappa shape index (κ2) is 13.0. The lowest BCUT2D eigenvalue weighted by molar-refractivity contribution is -0.151. The maximum absolute atomic E-state index is 14.7. The van der Waals surface area contributed by atoms with Gasteiger partial charge in [-0.2, -0.15) is 0 Å². The monoisotopic (exact) mass is 744 g/mol. The van der Waals surface area contributed by atoms with Crippen molar-refractivity contribution in [2.45, 2.75) is 72.5 Å². The van der Waals surface area contributed by atoms with Crippen LogP contribution in [-0.4, -0.2) is 80.7 Å². The molecule has 9 nitrogen and oxygen atoms in total. The number of nitrogens with zero attached hydrogens (tertiary/aromatic N) is 2. The van der Waals surface area contributed by atoms with E-state index in [1.165, 1.54) is 12.5 Å². The van der Waals surface area contributed by atoms with Crippen molar-refractivity contribution < 1.29 is 34.5 Å². The van der Waals surface area contributed by atoms with Crippen LogP contribution in [0.2, 0.25) is 0 Å². The Kier molecular flexibility index (Phi) is 8.81. The number of carboxylic acid groups (broad SMARTS) is 1. The van der Waals surface area contributed by atoms with Crippen LogP contribution < -0.4 is 0 Å². The van der Waals surface area contributed by atoms with Crippen molar-refractivity contribution in [1.82, 2.24) is 9.80 Å². The molecule has 0 radical (unpaired) electrons. The molecular weight excluding hydrogens is 693 g/mol. The number of carbonyl (C=O) groups is 4. The minimum Gasteiger partial charge on any atom is -0.478 e. The molecule has 2 saturated carbocycles. The van der Waals surface area contributed by atoms with Gasteiger partial charge < -0.3 is 25.1 Å². The number of carbonyl (C=O) groups excluding carboxylic acids is 3. The van der Waals surface area contributed by atoms with Crippen molar-refractivity contribution in [2.75, 3.05) is 26.2 Å². The Morgan fingerprint density at radius 2 is 1.09 bits per heavy atom. The smallest absolute Gasteiger partial charge is 0.335 e. The second-order valence-corrected chi connectivity index (χ2v) is 18.1. The molecule has 55 heavy (non-hydrogen) atoms. The molecule has 2 aliphatic heterocycles. The van der Waals surface area contributed by atoms with Crippen LogP contribution in [0.4, 0.5) is 0 Å². The van der Waals surface area contributed by atoms with Gasteiger partial charge in [-0.3, -0.25) is 14.4 Å². The molecule has 2 fully saturated rings. The summed E-state index contributed by atoms with van der Waals surface area (Å²) >= 11 is 0. The molecule has 4 aliphatic carbocycles. The zero-order chi connectivity index (χ0) is 39.2. The van der Waals surface area contributed by atoms with Gasteiger partial charge in [-0.25, -0.2) is 4.79 Å². The highest BCUT2D eigenvalue weighted by Gasteiger charge is 2.58. The average molecular weight is 745 g/mol. The number of allylic oxidation sites excluding steroid dienone is 3. The summed E-state index contributed by atoms with van der Waals surface area (Å²) in [6.45, 7) is 11.8. The zero-order valence-corrected chi connectivity index (χ0v) is 32.5. The van der Waals surface area contributed by atoms with Crippen LogP contribution in [0.3, 0.4) is 0 Å². The van der Waals surface area contributed by atoms with Crippen molar-refractivity contribution in [3.8, 4) is 0 Å². The predicted octanol–water partition coefficient (Wildman–Crippen LogP) is 6.78. The Morgan fingerprint density at radius 3 is 1.60 bits per heavy atom. The third-order valence-electron chi connectivity index (χ3n) is 14.2. The molecule has 288 valence electrons. The van der Waals surface area contributed by atoms with Gasteiger partial charge in [0, 0.05) is 53.6 Å². The first-order chi connectivity index (χ1) is 25.9. The van der Waals surface area contributed by atoms with E-state index in [2.05, 4.69) is 32.9 Å². The zero-order valence-electron chi connectivity index (χ0n) is 32.5. The topological polar surface area (TPSA) is 135 Å². The quantitative estimate of drug-likeness (QED) is 0.169. The molecule has 4 unspecified atom stereocenters. The fraction of sp³-hybridized carbons (Fsp3) is 0.478. The van der Waals surface area contributed by atoms with Gasteiger partial charge in [0.1, 0.15) is 0 Å². The van der Waals surface area contributed by atoms with E-state index in [-0.39, 0.29) is 58.3 Å². The summed E-state index contributed by atoms with van der Waals surface area (Å²) in [7, 11) is 0. The number of Topliss-reactive ketones (excluding diaryl/α,β-unsaturated/α-hetero) is 1. The number of aromatic carboxylic acids is 1. The SMILES string of the molecule is CC(=O)c1ccc(C2=CC[C@]3(C)CN(C(=O)C4C5CCC(C5)C4C(=O)N4CC=C5C(C)(C)C(c6ccc(C(=O)O)cc6)=CC[C@]5(C)C4)CC=C3C2(O)O)cc1. The Morgan fingerprint density at radius 1 is 0.636 bits per heavy atom. The van der Waals surface area contributed by atoms with Gasteiger partial charge in [0.05, 0.1) is 17.4 Å². The summed E-state index contributed by atoms with van der Waals surface area (Å²) in [6, 6.07) is 13.9. The molecule has 2 amide bonds. The maximum Gasteiger partial charge on any atom is 0.335 e. The summed E-state index contributed by atoms with van der Waals surface area (Å²) in [5.41, 5.74) is 4.46. The summed E-state index contributed by atoms with van der Waals surface area (Å²) in [4.78, 5) is 56.5. The normalized spacial score (nSPS) is 31.7. The fourth-order valence-corrected chi connectivity index (χ4v) is 11.5. The molecule has 9 heteroatoms. The molecule has 6 aliphatic rings. The minimum atomic E-state index is -2.23. The van der Waals surface area contributed by atoms with Crippen molar-refractivity contribution in [1.29, 1.82) is 0 Å². The van der Waals surface area contributed by atoms with Crippen molar-refractivity contribution in [2.24, 2.45) is 39.9 Å². The van der Waals surface area contributed by atoms with E-state index in [4.69, 9.17) is 0 Å². The molecule has 2 aromatic rings. The summed E-state index contributed by atoms with van der Waals surface area (Å²) in [5, 5.41) is 32.6. The van der Waals surface area contributed by atoms with Crippen LogP contribution in [0.25, 0.3) is 11.1 Å². The molecular formula is C46H52N2O7. The molecule has 2 aromatic carbocycles. The lowest BCUT2D eigenvalue weighted by atomic mass is 9.58. The van der Waals surface area contributed by atoms with Crippen LogP contribution in [0, 0.1) is 39.9 Å². The number of hydrogen-bond donors (Lipinski definition) is 3. The van der Waals surface area contributed by atoms with E-state index in [1.807, 2.05) is 34.9 Å². The number of amides is 2. The summed E-state index contributed by atoms with van der Waals surface area (Å²) in [5.74, 6) is -3.59. The fourth-order valence-electron chi connectivity index (χ4n) is 11.5. The van der Waals surface area contributed by atoms with Gasteiger partial charge in [-0.15, -0.1) is 0 Å². The van der Waals surface area contributed by atoms with Crippen molar-refractivity contribution >= 4 is 34.7 Å². The van der Waals surface area contributed by atoms with Gasteiger partial charge in [0.25, 0.3) is 0 Å². The second-order valence-electron chi connectivity index (χ2n) is 18.1. The lowest BCUT2D eigenvalue weighted by Gasteiger charge is -2.51. The molecule has 3 N–H and O–H groups in total. The summed E-state index contributed by atoms with van der Waals surface area (Å²) < 4.78 is 0. The van der Waals surface area contributed by atoms with Crippen LogP contribution >= 0.6 is 0 Å². The number of rotatable bonds is 6. The Hall–Kier alpha value is -4.60. The van der Waals surface area contributed by atoms with E-state index in [1.54, 1.807) is 42.5 Å². The van der Waals surface area contributed by atoms with Gasteiger partial charge in [0.15, 0.2) is 5.78 Å². The Bertz CT molecular complexity index is 1960. The Balaban J connectivity index is 0.997. The first-order valence-electron chi connectivity index (χ1n) is 19.8. The van der Waals surface area contributed by atoms with E-state index < -0.39 is 23.1 Å². The molecule has 2 heterocycles. The maximum atomic E-state index is 14.7. The van der Waals surface area contributed by atoms with Gasteiger partial charge in [0.2, 0.25) is 17.6 Å². The molecule has 0 saturated heterocycles. The van der Waals surface area contributed by atoms with Gasteiger partial charge in [-0.1, -0.05) is 94.0 Å². The first-order valence-corrected chi connectivity index (χ1v) is 19.8. The van der Waals surface area contributed by atoms with Crippen molar-refractivity contribution in [3.05, 3.63) is 106 Å². The number of carboxylic acids is 1. The molecule has 0 aromatic heterocycles. The number of aliphatic hydroxyl groups is 2. The van der Waals surface area contributed by atoms with E-state index in [9.17, 15) is 34.5 Å². The number of benzene rings is 2. The highest BCUT2D eigenvalue weighted by molar-refractivity contribution is 5.94. The van der Waals surface area contributed by atoms with Gasteiger partial charge >= 0.3 is 5.97 Å². The van der Waals surface area contributed by atoms with Crippen LogP contribution in [0.5, 0.6) is 0 Å². The number of ketones is 1. The Labute approximate surface area is 323 Å². The van der Waals surface area contributed by atoms with Crippen LogP contribution in [-0.2, 0) is 9.59 Å². The van der Waals surface area contributed by atoms with Crippen molar-refractivity contribution in [3.63, 3.8) is 0 Å². The highest BCUT2D eigenvalue weighted by atomic mass is 16.5. The minimum absolute atomic E-state index is 0.00195. The van der Waals surface area contributed by atoms with E-state index >= 15 is 0 Å². The standard InChI is InChI=1S/C46H52N2O7/c1-27(49)28-6-8-30(9-7-28)35-17-21-45(5)26-48(23-19-37(45)46(35,54)55)41(51)39-33-15-14-32(24-33)38(39)40(50)47-22-18-36-43(2,3)34(16-20-44(36,4)25-47)29-10-12-31(13-11-29)42(52)53/h6-13,16-19,32-33,38-39,54-55H,14-15,20-26H2,1-5H3,(H,52,53)/t32?,33?,38?,39?,44-,45-/m1/s1. The lowest BCUT2D eigenvalue weighted by Crippen LogP contribution is -2.56. The molecule has 2 bridgehead atoms. The average Bonchev–Trinajstić information content (AvgIpc) is 3.76. The third kappa shape index (κ3) is 5.97. The third-order valence-corrected chi connectivity index (χ3v) is 14.2. The largest absolute Gasteiger partial charge is 0.478 e. The number of fused-ring (bicyclic) bond motifs is 4. The summed E-state index contributed by atoms with van der Waals surface area (Å²) in [6.07, 6.45) is 12.2. The predicted molar refractivity (Wildman–Crippen MR) is 209 cm³/mol. The van der Waals surface area contributed by atoms with E-state index in [0.29, 0.717) is 48.3 Å². The number of hydrogen-bond acceptors (Lipinski definition) is 6. The van der Waals surface area contributed by atoms with Gasteiger partial charge in [-0.05, 0) is 85.3 Å². The first kappa shape index (κ1) is 37.3. The van der Waals surface area contributed by atoms with Crippen LogP contribution in [0.1, 0.15) is 98.6 Å². The highest BCUT2D eigenvalue weighted by Crippen LogP contribution is 2.58. The molecule has 8 rings (SSSR count). The molecule has 0 spiro atoms. The molecule has 6 atom stereocenters.